The predicted molar refractivity (Wildman–Crippen MR) is 158 cm³/mol. The molecule has 0 radical (unpaired) electrons. The number of ether oxygens (including phenoxy) is 1. The fraction of sp³-hybridized carbons (Fsp3) is 0.581. The lowest BCUT2D eigenvalue weighted by Crippen LogP contribution is -2.57. The first kappa shape index (κ1) is 29.7. The number of nitrogens with zero attached hydrogens (tertiary/aromatic N) is 4. The molecule has 1 saturated carbocycles. The molecular formula is C31H44N4O5S. The maximum atomic E-state index is 13.8. The lowest BCUT2D eigenvalue weighted by Gasteiger charge is -2.50. The number of carbonyl (C=O) groups is 1. The predicted octanol–water partition coefficient (Wildman–Crippen LogP) is 4.40. The van der Waals surface area contributed by atoms with E-state index in [9.17, 15) is 13.2 Å². The number of hydrogen-bond donors (Lipinski definition) is 0. The number of likely N-dealkylation sites (tertiary alicyclic amines) is 1. The maximum Gasteiger partial charge on any atom is 0.257 e. The third-order valence-corrected chi connectivity index (χ3v) is 11.3. The molecule has 2 aliphatic heterocycles. The van der Waals surface area contributed by atoms with E-state index < -0.39 is 10.0 Å². The van der Waals surface area contributed by atoms with Crippen molar-refractivity contribution in [1.29, 1.82) is 0 Å². The summed E-state index contributed by atoms with van der Waals surface area (Å²) in [6.07, 6.45) is 5.11. The van der Waals surface area contributed by atoms with Crippen LogP contribution in [-0.4, -0.2) is 91.3 Å². The van der Waals surface area contributed by atoms with Crippen LogP contribution in [0, 0.1) is 13.8 Å². The van der Waals surface area contributed by atoms with Crippen molar-refractivity contribution in [2.45, 2.75) is 82.4 Å². The van der Waals surface area contributed by atoms with E-state index in [-0.39, 0.29) is 24.0 Å². The van der Waals surface area contributed by atoms with Crippen LogP contribution in [0.2, 0.25) is 0 Å². The molecule has 224 valence electrons. The summed E-state index contributed by atoms with van der Waals surface area (Å²) in [4.78, 5) is 20.3. The van der Waals surface area contributed by atoms with Gasteiger partial charge in [-0.2, -0.15) is 4.31 Å². The zero-order chi connectivity index (χ0) is 29.7. The van der Waals surface area contributed by atoms with Gasteiger partial charge in [-0.3, -0.25) is 9.69 Å². The van der Waals surface area contributed by atoms with Crippen molar-refractivity contribution in [3.63, 3.8) is 0 Å². The average Bonchev–Trinajstić information content (AvgIpc) is 3.65. The minimum Gasteiger partial charge on any atom is -0.497 e. The molecule has 2 saturated heterocycles. The summed E-state index contributed by atoms with van der Waals surface area (Å²) in [5.41, 5.74) is 2.99. The summed E-state index contributed by atoms with van der Waals surface area (Å²) < 4.78 is 40.3. The fourth-order valence-corrected chi connectivity index (χ4v) is 8.47. The van der Waals surface area contributed by atoms with Crippen molar-refractivity contribution in [3.8, 4) is 5.75 Å². The van der Waals surface area contributed by atoms with E-state index >= 15 is 0 Å². The van der Waals surface area contributed by atoms with Crippen LogP contribution in [0.3, 0.4) is 0 Å². The SMILES string of the molecule is C=C1CC(N2CCN(C(=O)c3coc(CN(C4CC4)S(=O)(=O)c4c(C)cc(OC)cc4C)c3)CC2)CC(C)(C)N1C. The summed E-state index contributed by atoms with van der Waals surface area (Å²) in [6, 6.07) is 5.56. The first-order valence-corrected chi connectivity index (χ1v) is 15.9. The molecule has 41 heavy (non-hydrogen) atoms. The summed E-state index contributed by atoms with van der Waals surface area (Å²) in [6.45, 7) is 15.4. The maximum absolute atomic E-state index is 13.8. The molecule has 0 N–H and O–H groups in total. The molecular weight excluding hydrogens is 540 g/mol. The fourth-order valence-electron chi connectivity index (χ4n) is 6.41. The monoisotopic (exact) mass is 584 g/mol. The van der Waals surface area contributed by atoms with Crippen LogP contribution in [0.1, 0.15) is 66.8 Å². The van der Waals surface area contributed by atoms with Crippen LogP contribution >= 0.6 is 0 Å². The molecule has 1 aromatic heterocycles. The molecule has 1 unspecified atom stereocenters. The lowest BCUT2D eigenvalue weighted by atomic mass is 9.85. The molecule has 3 aliphatic rings. The molecule has 1 atom stereocenters. The van der Waals surface area contributed by atoms with Gasteiger partial charge in [-0.25, -0.2) is 8.42 Å². The minimum absolute atomic E-state index is 0.0622. The van der Waals surface area contributed by atoms with E-state index in [4.69, 9.17) is 9.15 Å². The Balaban J connectivity index is 1.24. The molecule has 3 heterocycles. The van der Waals surface area contributed by atoms with Crippen LogP contribution in [0.25, 0.3) is 0 Å². The van der Waals surface area contributed by atoms with Crippen LogP contribution < -0.4 is 4.74 Å². The Morgan fingerprint density at radius 1 is 1.12 bits per heavy atom. The van der Waals surface area contributed by atoms with Gasteiger partial charge in [0.15, 0.2) is 0 Å². The average molecular weight is 585 g/mol. The third kappa shape index (κ3) is 5.92. The van der Waals surface area contributed by atoms with Crippen LogP contribution in [0.15, 0.2) is 46.1 Å². The zero-order valence-corrected chi connectivity index (χ0v) is 26.1. The Morgan fingerprint density at radius 3 is 2.32 bits per heavy atom. The van der Waals surface area contributed by atoms with Gasteiger partial charge < -0.3 is 19.0 Å². The summed E-state index contributed by atoms with van der Waals surface area (Å²) in [5.74, 6) is 1.03. The van der Waals surface area contributed by atoms with Crippen molar-refractivity contribution >= 4 is 15.9 Å². The molecule has 1 aromatic carbocycles. The van der Waals surface area contributed by atoms with Gasteiger partial charge in [0, 0.05) is 63.0 Å². The van der Waals surface area contributed by atoms with E-state index in [1.54, 1.807) is 39.2 Å². The first-order chi connectivity index (χ1) is 19.3. The van der Waals surface area contributed by atoms with Gasteiger partial charge in [-0.15, -0.1) is 0 Å². The van der Waals surface area contributed by atoms with Crippen LogP contribution in [0.5, 0.6) is 5.75 Å². The molecule has 3 fully saturated rings. The molecule has 0 bridgehead atoms. The third-order valence-electron chi connectivity index (χ3n) is 9.11. The van der Waals surface area contributed by atoms with E-state index in [0.29, 0.717) is 52.2 Å². The van der Waals surface area contributed by atoms with Crippen LogP contribution in [0.4, 0.5) is 0 Å². The van der Waals surface area contributed by atoms with Crippen molar-refractivity contribution < 1.29 is 22.4 Å². The smallest absolute Gasteiger partial charge is 0.257 e. The van der Waals surface area contributed by atoms with E-state index in [1.165, 1.54) is 10.6 Å². The summed E-state index contributed by atoms with van der Waals surface area (Å²) in [7, 11) is -0.0874. The number of hydrogen-bond acceptors (Lipinski definition) is 7. The summed E-state index contributed by atoms with van der Waals surface area (Å²) >= 11 is 0. The molecule has 1 aliphatic carbocycles. The number of piperazine rings is 1. The van der Waals surface area contributed by atoms with Crippen LogP contribution in [-0.2, 0) is 16.6 Å². The largest absolute Gasteiger partial charge is 0.497 e. The normalized spacial score (nSPS) is 21.9. The van der Waals surface area contributed by atoms with E-state index in [1.807, 2.05) is 4.90 Å². The van der Waals surface area contributed by atoms with Gasteiger partial charge in [-0.05, 0) is 76.3 Å². The van der Waals surface area contributed by atoms with Crippen molar-refractivity contribution in [2.24, 2.45) is 0 Å². The topological polar surface area (TPSA) is 86.5 Å². The van der Waals surface area contributed by atoms with Gasteiger partial charge >= 0.3 is 0 Å². The van der Waals surface area contributed by atoms with Crippen molar-refractivity contribution in [2.75, 3.05) is 40.3 Å². The van der Waals surface area contributed by atoms with Gasteiger partial charge in [0.25, 0.3) is 5.91 Å². The Labute approximate surface area is 244 Å². The van der Waals surface area contributed by atoms with Gasteiger partial charge in [-0.1, -0.05) is 6.58 Å². The number of amides is 1. The number of piperidine rings is 1. The standard InChI is InChI=1S/C31H44N4O5S/c1-21-14-27(39-7)15-22(2)29(21)41(37,38)35(25-8-9-25)19-28-17-24(20-40-28)30(36)34-12-10-33(11-13-34)26-16-23(3)32(6)31(4,5)18-26/h14-15,17,20,25-26H,3,8-13,16,18-19H2,1-2,4-7H3. The van der Waals surface area contributed by atoms with Crippen molar-refractivity contribution in [1.82, 2.24) is 19.0 Å². The second-order valence-electron chi connectivity index (χ2n) is 12.5. The second-order valence-corrected chi connectivity index (χ2v) is 14.3. The number of methoxy groups -OCH3 is 1. The second kappa shape index (κ2) is 11.1. The van der Waals surface area contributed by atoms with Gasteiger partial charge in [0.05, 0.1) is 24.1 Å². The van der Waals surface area contributed by atoms with Crippen molar-refractivity contribution in [3.05, 3.63) is 59.2 Å². The molecule has 1 amide bonds. The Bertz CT molecular complexity index is 1400. The zero-order valence-electron chi connectivity index (χ0n) is 25.3. The molecule has 2 aromatic rings. The minimum atomic E-state index is -3.78. The summed E-state index contributed by atoms with van der Waals surface area (Å²) in [5, 5.41) is 0. The highest BCUT2D eigenvalue weighted by atomic mass is 32.2. The number of carbonyl (C=O) groups excluding carboxylic acids is 1. The highest BCUT2D eigenvalue weighted by Crippen LogP contribution is 2.37. The highest BCUT2D eigenvalue weighted by Gasteiger charge is 2.41. The van der Waals surface area contributed by atoms with E-state index in [0.717, 1.165) is 44.5 Å². The lowest BCUT2D eigenvalue weighted by molar-refractivity contribution is 0.0316. The van der Waals surface area contributed by atoms with Gasteiger partial charge in [0.1, 0.15) is 17.8 Å². The van der Waals surface area contributed by atoms with E-state index in [2.05, 4.69) is 37.3 Å². The van der Waals surface area contributed by atoms with Gasteiger partial charge in [0.2, 0.25) is 10.0 Å². The number of furan rings is 1. The number of benzene rings is 1. The molecule has 5 rings (SSSR count). The quantitative estimate of drug-likeness (QED) is 0.455. The highest BCUT2D eigenvalue weighted by molar-refractivity contribution is 7.89. The number of rotatable bonds is 8. The first-order valence-electron chi connectivity index (χ1n) is 14.5. The molecule has 9 nitrogen and oxygen atoms in total. The molecule has 0 spiro atoms. The number of sulfonamides is 1. The number of aryl methyl sites for hydroxylation is 2. The Morgan fingerprint density at radius 2 is 1.76 bits per heavy atom. The Hall–Kier alpha value is -2.82. The molecule has 10 heteroatoms. The Kier molecular flexibility index (Phi) is 8.04.